The van der Waals surface area contributed by atoms with Crippen molar-refractivity contribution in [2.45, 2.75) is 82.0 Å². The Kier molecular flexibility index (Phi) is 10.9. The molecule has 0 bridgehead atoms. The van der Waals surface area contributed by atoms with Gasteiger partial charge in [0.15, 0.2) is 0 Å². The number of halogens is 1. The molecule has 2 amide bonds. The summed E-state index contributed by atoms with van der Waals surface area (Å²) in [5, 5.41) is 13.1. The molecule has 4 atom stereocenters. The number of carbonyl (C=O) groups is 2. The summed E-state index contributed by atoms with van der Waals surface area (Å²) in [5.74, 6) is -0.0128. The van der Waals surface area contributed by atoms with Gasteiger partial charge in [0.2, 0.25) is 14.3 Å². The third-order valence-corrected chi connectivity index (χ3v) is 13.4. The van der Waals surface area contributed by atoms with E-state index in [0.29, 0.717) is 26.1 Å². The number of nitrogens with zero attached hydrogens (tertiary/aromatic N) is 3. The molecular formula is C39H51FN4O4Si. The number of rotatable bonds is 12. The Bertz CT molecular complexity index is 1570. The number of aliphatic hydroxyl groups excluding tert-OH is 1. The number of piperidine rings is 1. The van der Waals surface area contributed by atoms with Crippen LogP contribution in [0.5, 0.6) is 0 Å². The molecule has 0 saturated carbocycles. The summed E-state index contributed by atoms with van der Waals surface area (Å²) < 4.78 is 22.5. The van der Waals surface area contributed by atoms with Gasteiger partial charge in [0.05, 0.1) is 31.9 Å². The molecular weight excluding hydrogens is 636 g/mol. The first kappa shape index (κ1) is 35.3. The molecule has 0 radical (unpaired) electrons. The summed E-state index contributed by atoms with van der Waals surface area (Å²) in [6.45, 7) is 8.10. The van der Waals surface area contributed by atoms with Crippen molar-refractivity contribution in [3.63, 3.8) is 0 Å². The van der Waals surface area contributed by atoms with Gasteiger partial charge in [0, 0.05) is 30.0 Å². The van der Waals surface area contributed by atoms with Gasteiger partial charge in [0.1, 0.15) is 5.54 Å². The van der Waals surface area contributed by atoms with Crippen molar-refractivity contribution < 1.29 is 23.5 Å². The Labute approximate surface area is 291 Å². The average Bonchev–Trinajstić information content (AvgIpc) is 3.57. The van der Waals surface area contributed by atoms with Crippen LogP contribution in [0.4, 0.5) is 15.5 Å². The predicted molar refractivity (Wildman–Crippen MR) is 195 cm³/mol. The second-order valence-corrected chi connectivity index (χ2v) is 18.3. The number of nitrogens with one attached hydrogen (secondary N) is 1. The van der Waals surface area contributed by atoms with Crippen molar-refractivity contribution in [2.24, 2.45) is 5.92 Å². The minimum Gasteiger partial charge on any atom is -0.395 e. The van der Waals surface area contributed by atoms with Crippen LogP contribution >= 0.6 is 0 Å². The Morgan fingerprint density at radius 3 is 2.31 bits per heavy atom. The first-order valence-corrected chi connectivity index (χ1v) is 20.8. The second kappa shape index (κ2) is 15.1. The topological polar surface area (TPSA) is 85.4 Å². The Morgan fingerprint density at radius 1 is 0.980 bits per heavy atom. The number of carbonyl (C=O) groups excluding carboxylic acids is 2. The summed E-state index contributed by atoms with van der Waals surface area (Å²) in [4.78, 5) is 33.6. The molecule has 262 valence electrons. The fourth-order valence-corrected chi connectivity index (χ4v) is 11.0. The zero-order valence-corrected chi connectivity index (χ0v) is 30.1. The van der Waals surface area contributed by atoms with Crippen LogP contribution in [0.3, 0.4) is 0 Å². The zero-order chi connectivity index (χ0) is 34.6. The fraction of sp³-hybridized carbons (Fsp3) is 0.487. The van der Waals surface area contributed by atoms with Gasteiger partial charge in [-0.25, -0.2) is 0 Å². The third kappa shape index (κ3) is 7.62. The van der Waals surface area contributed by atoms with Crippen LogP contribution in [-0.2, 0) is 27.3 Å². The van der Waals surface area contributed by atoms with E-state index in [1.807, 2.05) is 65.6 Å². The Balaban J connectivity index is 1.14. The van der Waals surface area contributed by atoms with E-state index in [4.69, 9.17) is 4.74 Å². The number of benzene rings is 3. The van der Waals surface area contributed by atoms with E-state index in [1.165, 1.54) is 0 Å². The molecule has 0 aromatic heterocycles. The maximum absolute atomic E-state index is 15.9. The van der Waals surface area contributed by atoms with Gasteiger partial charge in [-0.15, -0.1) is 0 Å². The first-order valence-electron chi connectivity index (χ1n) is 17.8. The van der Waals surface area contributed by atoms with Crippen LogP contribution in [-0.4, -0.2) is 80.9 Å². The average molecular weight is 687 g/mol. The number of amides is 2. The molecule has 0 unspecified atom stereocenters. The highest BCUT2D eigenvalue weighted by Crippen LogP contribution is 2.47. The number of ether oxygens (including phenoxy) is 1. The summed E-state index contributed by atoms with van der Waals surface area (Å²) in [6.07, 6.45) is 2.34. The van der Waals surface area contributed by atoms with E-state index in [0.717, 1.165) is 48.4 Å². The third-order valence-electron chi connectivity index (χ3n) is 10.9. The highest BCUT2D eigenvalue weighted by atomic mass is 28.4. The van der Waals surface area contributed by atoms with Crippen molar-refractivity contribution in [1.82, 2.24) is 10.2 Å². The number of anilines is 2. The van der Waals surface area contributed by atoms with Gasteiger partial charge < -0.3 is 29.1 Å². The number of hydrogen-bond donors (Lipinski definition) is 2. The molecule has 3 aromatic carbocycles. The van der Waals surface area contributed by atoms with E-state index in [2.05, 4.69) is 41.4 Å². The van der Waals surface area contributed by atoms with E-state index < -0.39 is 20.1 Å². The van der Waals surface area contributed by atoms with E-state index in [-0.39, 0.29) is 48.9 Å². The molecule has 1 spiro atoms. The van der Waals surface area contributed by atoms with Crippen molar-refractivity contribution >= 4 is 31.6 Å². The van der Waals surface area contributed by atoms with Crippen LogP contribution in [0.1, 0.15) is 43.7 Å². The van der Waals surface area contributed by atoms with Crippen molar-refractivity contribution in [3.8, 4) is 0 Å². The van der Waals surface area contributed by atoms with Gasteiger partial charge in [-0.3, -0.25) is 14.5 Å². The molecule has 10 heteroatoms. The minimum absolute atomic E-state index is 0.0348. The monoisotopic (exact) mass is 686 g/mol. The van der Waals surface area contributed by atoms with Crippen LogP contribution < -0.4 is 15.1 Å². The lowest BCUT2D eigenvalue weighted by Gasteiger charge is -2.39. The van der Waals surface area contributed by atoms with Gasteiger partial charge in [0.25, 0.3) is 5.91 Å². The van der Waals surface area contributed by atoms with E-state index in [9.17, 15) is 14.7 Å². The SMILES string of the molecule is C[C@H]1[C@H]([Si](C)(C)F)[C@@H](CC(=O)N(CCO)Cc2ccccc2)O[C@H]1CCc1cccc(N2CN(c3ccccc3)C3(CCNCC3)C2=O)c1. The van der Waals surface area contributed by atoms with Crippen LogP contribution in [0.2, 0.25) is 18.6 Å². The van der Waals surface area contributed by atoms with Gasteiger partial charge in [-0.2, -0.15) is 0 Å². The quantitative estimate of drug-likeness (QED) is 0.182. The number of hydrogen-bond acceptors (Lipinski definition) is 6. The molecule has 2 N–H and O–H groups in total. The van der Waals surface area contributed by atoms with Crippen molar-refractivity contribution in [1.29, 1.82) is 0 Å². The van der Waals surface area contributed by atoms with Crippen LogP contribution in [0.25, 0.3) is 0 Å². The number of aliphatic hydroxyl groups is 1. The fourth-order valence-electron chi connectivity index (χ4n) is 8.45. The number of para-hydroxylation sites is 1. The van der Waals surface area contributed by atoms with Gasteiger partial charge >= 0.3 is 0 Å². The van der Waals surface area contributed by atoms with E-state index >= 15 is 4.11 Å². The molecule has 0 aliphatic carbocycles. The first-order chi connectivity index (χ1) is 23.6. The Morgan fingerprint density at radius 2 is 1.63 bits per heavy atom. The predicted octanol–water partition coefficient (Wildman–Crippen LogP) is 5.91. The summed E-state index contributed by atoms with van der Waals surface area (Å²) in [7, 11) is -3.18. The zero-order valence-electron chi connectivity index (χ0n) is 29.1. The lowest BCUT2D eigenvalue weighted by molar-refractivity contribution is -0.135. The molecule has 49 heavy (non-hydrogen) atoms. The molecule has 3 aliphatic rings. The normalized spacial score (nSPS) is 23.7. The number of aryl methyl sites for hydroxylation is 1. The van der Waals surface area contributed by atoms with E-state index in [1.54, 1.807) is 18.0 Å². The Hall–Kier alpha value is -3.57. The summed E-state index contributed by atoms with van der Waals surface area (Å²) >= 11 is 0. The van der Waals surface area contributed by atoms with Gasteiger partial charge in [-0.05, 0) is 93.2 Å². The lowest BCUT2D eigenvalue weighted by Crippen LogP contribution is -2.55. The van der Waals surface area contributed by atoms with Gasteiger partial charge in [-0.1, -0.05) is 67.6 Å². The maximum Gasteiger partial charge on any atom is 0.254 e. The summed E-state index contributed by atoms with van der Waals surface area (Å²) in [6, 6.07) is 28.2. The molecule has 3 heterocycles. The highest BCUT2D eigenvalue weighted by molar-refractivity contribution is 6.72. The standard InChI is InChI=1S/C39H51FN4O4Si/c1-29-34(48-35(37(29)49(2,3)40)26-36(46)42(23-24-45)27-31-11-6-4-7-12-31)18-17-30-13-10-16-33(25-30)43-28-44(32-14-8-5-9-15-32)39(38(43)47)19-21-41-22-20-39/h4-16,25,29,34-35,37,41,45H,17-24,26-28H2,1-3H3/t29-,34+,35-,37+/m1/s1. The molecule has 6 rings (SSSR count). The van der Waals surface area contributed by atoms with Crippen LogP contribution in [0.15, 0.2) is 84.9 Å². The van der Waals surface area contributed by atoms with Crippen molar-refractivity contribution in [2.75, 3.05) is 42.7 Å². The molecule has 3 aliphatic heterocycles. The second-order valence-electron chi connectivity index (χ2n) is 14.5. The maximum atomic E-state index is 15.9. The van der Waals surface area contributed by atoms with Crippen LogP contribution in [0, 0.1) is 5.92 Å². The molecule has 3 saturated heterocycles. The summed E-state index contributed by atoms with van der Waals surface area (Å²) in [5.41, 5.74) is 3.16. The smallest absolute Gasteiger partial charge is 0.254 e. The van der Waals surface area contributed by atoms with Crippen molar-refractivity contribution in [3.05, 3.63) is 96.1 Å². The molecule has 3 fully saturated rings. The molecule has 3 aromatic rings. The minimum atomic E-state index is -3.18. The highest BCUT2D eigenvalue weighted by Gasteiger charge is 2.54. The molecule has 8 nitrogen and oxygen atoms in total. The largest absolute Gasteiger partial charge is 0.395 e. The lowest BCUT2D eigenvalue weighted by atomic mass is 9.86.